The molecule has 142 valence electrons. The van der Waals surface area contributed by atoms with E-state index in [-0.39, 0.29) is 31.4 Å². The van der Waals surface area contributed by atoms with Gasteiger partial charge in [0.15, 0.2) is 0 Å². The highest BCUT2D eigenvalue weighted by atomic mass is 16.5. The van der Waals surface area contributed by atoms with Crippen LogP contribution in [0, 0.1) is 19.8 Å². The number of carboxylic acids is 1. The van der Waals surface area contributed by atoms with Gasteiger partial charge in [-0.1, -0.05) is 42.5 Å². The number of ether oxygens (including phenoxy) is 1. The molecule has 1 aliphatic heterocycles. The van der Waals surface area contributed by atoms with Crippen LogP contribution in [0.5, 0.6) is 5.75 Å². The van der Waals surface area contributed by atoms with E-state index in [1.165, 1.54) is 0 Å². The number of hydrogen-bond donors (Lipinski definition) is 1. The number of amides is 1. The quantitative estimate of drug-likeness (QED) is 0.850. The number of aliphatic carboxylic acids is 1. The lowest BCUT2D eigenvalue weighted by Crippen LogP contribution is -2.30. The van der Waals surface area contributed by atoms with Gasteiger partial charge >= 0.3 is 5.97 Å². The van der Waals surface area contributed by atoms with Gasteiger partial charge in [-0.15, -0.1) is 0 Å². The lowest BCUT2D eigenvalue weighted by atomic mass is 9.89. The lowest BCUT2D eigenvalue weighted by Gasteiger charge is -2.17. The van der Waals surface area contributed by atoms with E-state index in [0.29, 0.717) is 6.54 Å². The van der Waals surface area contributed by atoms with Crippen molar-refractivity contribution in [3.05, 3.63) is 65.2 Å². The molecule has 1 fully saturated rings. The van der Waals surface area contributed by atoms with E-state index in [1.807, 2.05) is 62.4 Å². The second-order valence-electron chi connectivity index (χ2n) is 7.13. The average molecular weight is 367 g/mol. The molecule has 0 aromatic heterocycles. The first-order valence-corrected chi connectivity index (χ1v) is 9.21. The summed E-state index contributed by atoms with van der Waals surface area (Å²) in [5.74, 6) is -0.880. The van der Waals surface area contributed by atoms with Crippen molar-refractivity contribution >= 4 is 11.9 Å². The zero-order valence-electron chi connectivity index (χ0n) is 15.7. The molecule has 0 saturated carbocycles. The number of carboxylic acid groups (broad SMARTS) is 1. The Balaban J connectivity index is 1.60. The summed E-state index contributed by atoms with van der Waals surface area (Å²) in [4.78, 5) is 25.9. The minimum absolute atomic E-state index is 0.0648. The van der Waals surface area contributed by atoms with Gasteiger partial charge in [-0.2, -0.15) is 0 Å². The van der Waals surface area contributed by atoms with Crippen molar-refractivity contribution in [2.75, 3.05) is 19.7 Å². The smallest absolute Gasteiger partial charge is 0.308 e. The Kier molecular flexibility index (Phi) is 5.79. The van der Waals surface area contributed by atoms with Crippen molar-refractivity contribution < 1.29 is 19.4 Å². The SMILES string of the molecule is Cc1ccc(C)c(OCCC(=O)N2C[C@H](C(=O)O)[C@H](c3ccccc3)C2)c1. The number of likely N-dealkylation sites (tertiary alicyclic amines) is 1. The van der Waals surface area contributed by atoms with Gasteiger partial charge in [-0.3, -0.25) is 9.59 Å². The monoisotopic (exact) mass is 367 g/mol. The number of benzene rings is 2. The molecule has 0 unspecified atom stereocenters. The van der Waals surface area contributed by atoms with E-state index < -0.39 is 11.9 Å². The fourth-order valence-electron chi connectivity index (χ4n) is 3.56. The third-order valence-electron chi connectivity index (χ3n) is 5.13. The van der Waals surface area contributed by atoms with Crippen LogP contribution in [-0.4, -0.2) is 41.6 Å². The molecule has 1 N–H and O–H groups in total. The summed E-state index contributed by atoms with van der Waals surface area (Å²) in [5, 5.41) is 9.56. The van der Waals surface area contributed by atoms with E-state index >= 15 is 0 Å². The molecular formula is C22H25NO4. The van der Waals surface area contributed by atoms with Crippen molar-refractivity contribution in [1.82, 2.24) is 4.90 Å². The summed E-state index contributed by atoms with van der Waals surface area (Å²) in [6.07, 6.45) is 0.237. The highest BCUT2D eigenvalue weighted by molar-refractivity contribution is 5.79. The Labute approximate surface area is 159 Å². The molecule has 0 spiro atoms. The first-order valence-electron chi connectivity index (χ1n) is 9.21. The molecule has 0 aliphatic carbocycles. The van der Waals surface area contributed by atoms with Gasteiger partial charge < -0.3 is 14.7 Å². The Bertz CT molecular complexity index is 818. The van der Waals surface area contributed by atoms with Crippen LogP contribution >= 0.6 is 0 Å². The molecule has 1 heterocycles. The topological polar surface area (TPSA) is 66.8 Å². The van der Waals surface area contributed by atoms with E-state index in [4.69, 9.17) is 4.74 Å². The van der Waals surface area contributed by atoms with Crippen LogP contribution in [0.3, 0.4) is 0 Å². The summed E-state index contributed by atoms with van der Waals surface area (Å²) in [7, 11) is 0. The minimum atomic E-state index is -0.856. The van der Waals surface area contributed by atoms with E-state index in [0.717, 1.165) is 22.4 Å². The number of aryl methyl sites for hydroxylation is 2. The first-order chi connectivity index (χ1) is 13.0. The Morgan fingerprint density at radius 3 is 2.56 bits per heavy atom. The van der Waals surface area contributed by atoms with Gasteiger partial charge in [0.05, 0.1) is 18.9 Å². The first kappa shape index (κ1) is 19.0. The van der Waals surface area contributed by atoms with Gasteiger partial charge in [0.25, 0.3) is 0 Å². The Hall–Kier alpha value is -2.82. The minimum Gasteiger partial charge on any atom is -0.493 e. The summed E-state index contributed by atoms with van der Waals surface area (Å²) in [6.45, 7) is 4.93. The number of nitrogens with zero attached hydrogens (tertiary/aromatic N) is 1. The molecule has 5 nitrogen and oxygen atoms in total. The highest BCUT2D eigenvalue weighted by Crippen LogP contribution is 2.33. The highest BCUT2D eigenvalue weighted by Gasteiger charge is 2.40. The molecule has 27 heavy (non-hydrogen) atoms. The number of carbonyl (C=O) groups is 2. The van der Waals surface area contributed by atoms with Crippen LogP contribution in [-0.2, 0) is 9.59 Å². The van der Waals surface area contributed by atoms with Crippen molar-refractivity contribution in [3.63, 3.8) is 0 Å². The molecule has 3 rings (SSSR count). The van der Waals surface area contributed by atoms with Crippen molar-refractivity contribution in [1.29, 1.82) is 0 Å². The molecule has 1 amide bonds. The van der Waals surface area contributed by atoms with Crippen LogP contribution < -0.4 is 4.74 Å². The van der Waals surface area contributed by atoms with Gasteiger partial charge in [-0.05, 0) is 36.6 Å². The molecule has 5 heteroatoms. The summed E-state index contributed by atoms with van der Waals surface area (Å²) >= 11 is 0. The van der Waals surface area contributed by atoms with Gasteiger partial charge in [0, 0.05) is 19.0 Å². The number of rotatable bonds is 6. The van der Waals surface area contributed by atoms with E-state index in [2.05, 4.69) is 0 Å². The normalized spacial score (nSPS) is 19.1. The zero-order chi connectivity index (χ0) is 19.4. The van der Waals surface area contributed by atoms with Gasteiger partial charge in [0.1, 0.15) is 5.75 Å². The summed E-state index contributed by atoms with van der Waals surface area (Å²) < 4.78 is 5.77. The van der Waals surface area contributed by atoms with Crippen molar-refractivity contribution in [2.45, 2.75) is 26.2 Å². The molecule has 2 aromatic rings. The maximum Gasteiger partial charge on any atom is 0.308 e. The maximum atomic E-state index is 12.6. The third kappa shape index (κ3) is 4.48. The van der Waals surface area contributed by atoms with Crippen LogP contribution in [0.4, 0.5) is 0 Å². The zero-order valence-corrected chi connectivity index (χ0v) is 15.7. The van der Waals surface area contributed by atoms with Crippen LogP contribution in [0.2, 0.25) is 0 Å². The summed E-state index contributed by atoms with van der Waals surface area (Å²) in [6, 6.07) is 15.5. The van der Waals surface area contributed by atoms with Crippen molar-refractivity contribution in [3.8, 4) is 5.75 Å². The molecule has 0 radical (unpaired) electrons. The molecule has 0 bridgehead atoms. The maximum absolute atomic E-state index is 12.6. The largest absolute Gasteiger partial charge is 0.493 e. The molecule has 2 atom stereocenters. The predicted molar refractivity (Wildman–Crippen MR) is 103 cm³/mol. The molecular weight excluding hydrogens is 342 g/mol. The second-order valence-corrected chi connectivity index (χ2v) is 7.13. The van der Waals surface area contributed by atoms with E-state index in [1.54, 1.807) is 4.90 Å². The number of hydrogen-bond acceptors (Lipinski definition) is 3. The average Bonchev–Trinajstić information content (AvgIpc) is 3.11. The standard InChI is InChI=1S/C22H25NO4/c1-15-8-9-16(2)20(12-15)27-11-10-21(24)23-13-18(19(14-23)22(25)26)17-6-4-3-5-7-17/h3-9,12,18-19H,10-11,13-14H2,1-2H3,(H,25,26)/t18-,19-/m0/s1. The Morgan fingerprint density at radius 2 is 1.85 bits per heavy atom. The predicted octanol–water partition coefficient (Wildman–Crippen LogP) is 3.40. The molecule has 1 aliphatic rings. The van der Waals surface area contributed by atoms with Gasteiger partial charge in [0.2, 0.25) is 5.91 Å². The second kappa shape index (κ2) is 8.25. The fourth-order valence-corrected chi connectivity index (χ4v) is 3.56. The van der Waals surface area contributed by atoms with Crippen molar-refractivity contribution in [2.24, 2.45) is 5.92 Å². The van der Waals surface area contributed by atoms with Crippen LogP contribution in [0.25, 0.3) is 0 Å². The van der Waals surface area contributed by atoms with Gasteiger partial charge in [-0.25, -0.2) is 0 Å². The van der Waals surface area contributed by atoms with Crippen LogP contribution in [0.15, 0.2) is 48.5 Å². The van der Waals surface area contributed by atoms with E-state index in [9.17, 15) is 14.7 Å². The third-order valence-corrected chi connectivity index (χ3v) is 5.13. The fraction of sp³-hybridized carbons (Fsp3) is 0.364. The molecule has 1 saturated heterocycles. The Morgan fingerprint density at radius 1 is 1.11 bits per heavy atom. The number of carbonyl (C=O) groups excluding carboxylic acids is 1. The summed E-state index contributed by atoms with van der Waals surface area (Å²) in [5.41, 5.74) is 3.10. The van der Waals surface area contributed by atoms with Crippen LogP contribution in [0.1, 0.15) is 29.0 Å². The lowest BCUT2D eigenvalue weighted by molar-refractivity contribution is -0.141. The molecule has 2 aromatic carbocycles.